The summed E-state index contributed by atoms with van der Waals surface area (Å²) < 4.78 is 18.2. The first-order valence-corrected chi connectivity index (χ1v) is 4.55. The van der Waals surface area contributed by atoms with Gasteiger partial charge in [-0.05, 0) is 18.6 Å². The normalized spacial score (nSPS) is 10.4. The van der Waals surface area contributed by atoms with Gasteiger partial charge in [-0.3, -0.25) is 0 Å². The van der Waals surface area contributed by atoms with Crippen molar-refractivity contribution in [1.82, 2.24) is 5.16 Å². The minimum atomic E-state index is -1.23. The molecule has 1 N–H and O–H groups in total. The van der Waals surface area contributed by atoms with E-state index < -0.39 is 11.8 Å². The minimum Gasteiger partial charge on any atom is -0.475 e. The van der Waals surface area contributed by atoms with Gasteiger partial charge in [0.25, 0.3) is 0 Å². The highest BCUT2D eigenvalue weighted by Crippen LogP contribution is 2.24. The van der Waals surface area contributed by atoms with E-state index in [0.29, 0.717) is 5.56 Å². The first-order chi connectivity index (χ1) is 7.59. The number of aromatic nitrogens is 1. The van der Waals surface area contributed by atoms with E-state index in [1.807, 2.05) is 0 Å². The fraction of sp³-hybridized carbons (Fsp3) is 0.0909. The molecule has 5 heteroatoms. The van der Waals surface area contributed by atoms with Crippen LogP contribution < -0.4 is 0 Å². The summed E-state index contributed by atoms with van der Waals surface area (Å²) in [5.41, 5.74) is 0.882. The Morgan fingerprint density at radius 1 is 1.50 bits per heavy atom. The number of aryl methyl sites for hydroxylation is 1. The largest absolute Gasteiger partial charge is 0.475 e. The van der Waals surface area contributed by atoms with E-state index in [9.17, 15) is 9.18 Å². The van der Waals surface area contributed by atoms with Crippen molar-refractivity contribution in [3.05, 3.63) is 41.4 Å². The average molecular weight is 221 g/mol. The summed E-state index contributed by atoms with van der Waals surface area (Å²) in [5, 5.41) is 12.2. The number of benzene rings is 1. The predicted octanol–water partition coefficient (Wildman–Crippen LogP) is 2.49. The SMILES string of the molecule is Cc1cccc(-c2cc(C(=O)O)on2)c1F. The molecule has 82 valence electrons. The van der Waals surface area contributed by atoms with E-state index in [1.165, 1.54) is 12.1 Å². The Bertz CT molecular complexity index is 548. The lowest BCUT2D eigenvalue weighted by molar-refractivity contribution is 0.0652. The van der Waals surface area contributed by atoms with Crippen molar-refractivity contribution in [3.8, 4) is 11.3 Å². The highest BCUT2D eigenvalue weighted by Gasteiger charge is 2.15. The highest BCUT2D eigenvalue weighted by molar-refractivity contribution is 5.85. The molecule has 0 aliphatic rings. The van der Waals surface area contributed by atoms with Crippen LogP contribution in [0.4, 0.5) is 4.39 Å². The van der Waals surface area contributed by atoms with E-state index in [-0.39, 0.29) is 17.0 Å². The van der Waals surface area contributed by atoms with Crippen molar-refractivity contribution in [3.63, 3.8) is 0 Å². The molecule has 0 saturated carbocycles. The molecule has 0 spiro atoms. The lowest BCUT2D eigenvalue weighted by Gasteiger charge is -2.00. The molecule has 1 aromatic heterocycles. The Morgan fingerprint density at radius 2 is 2.25 bits per heavy atom. The van der Waals surface area contributed by atoms with Gasteiger partial charge in [0, 0.05) is 11.6 Å². The van der Waals surface area contributed by atoms with Crippen LogP contribution in [0.25, 0.3) is 11.3 Å². The number of nitrogens with zero attached hydrogens (tertiary/aromatic N) is 1. The van der Waals surface area contributed by atoms with Crippen LogP contribution in [0.2, 0.25) is 0 Å². The van der Waals surface area contributed by atoms with Gasteiger partial charge < -0.3 is 9.63 Å². The summed E-state index contributed by atoms with van der Waals surface area (Å²) in [6, 6.07) is 6.01. The molecule has 0 fully saturated rings. The number of carboxylic acids is 1. The third-order valence-corrected chi connectivity index (χ3v) is 2.19. The van der Waals surface area contributed by atoms with Crippen molar-refractivity contribution in [2.24, 2.45) is 0 Å². The van der Waals surface area contributed by atoms with Crippen molar-refractivity contribution in [2.45, 2.75) is 6.92 Å². The predicted molar refractivity (Wildman–Crippen MR) is 53.6 cm³/mol. The zero-order chi connectivity index (χ0) is 11.7. The van der Waals surface area contributed by atoms with Gasteiger partial charge in [-0.2, -0.15) is 0 Å². The Morgan fingerprint density at radius 3 is 2.88 bits per heavy atom. The molecule has 0 amide bonds. The molecular weight excluding hydrogens is 213 g/mol. The van der Waals surface area contributed by atoms with Crippen LogP contribution in [-0.2, 0) is 0 Å². The van der Waals surface area contributed by atoms with Crippen LogP contribution in [-0.4, -0.2) is 16.2 Å². The molecule has 0 radical (unpaired) electrons. The number of carboxylic acid groups (broad SMARTS) is 1. The molecule has 1 aromatic carbocycles. The number of hydrogen-bond donors (Lipinski definition) is 1. The molecule has 0 unspecified atom stereocenters. The number of aromatic carboxylic acids is 1. The monoisotopic (exact) mass is 221 g/mol. The molecular formula is C11H8FNO3. The Labute approximate surface area is 90.3 Å². The number of halogens is 1. The zero-order valence-corrected chi connectivity index (χ0v) is 8.40. The molecule has 0 saturated heterocycles. The lowest BCUT2D eigenvalue weighted by Crippen LogP contribution is -1.92. The molecule has 16 heavy (non-hydrogen) atoms. The first kappa shape index (κ1) is 10.4. The summed E-state index contributed by atoms with van der Waals surface area (Å²) >= 11 is 0. The fourth-order valence-electron chi connectivity index (χ4n) is 1.35. The maximum absolute atomic E-state index is 13.7. The van der Waals surface area contributed by atoms with Crippen molar-refractivity contribution < 1.29 is 18.8 Å². The smallest absolute Gasteiger partial charge is 0.374 e. The lowest BCUT2D eigenvalue weighted by atomic mass is 10.1. The van der Waals surface area contributed by atoms with Crippen LogP contribution in [0.1, 0.15) is 16.1 Å². The summed E-state index contributed by atoms with van der Waals surface area (Å²) in [5.74, 6) is -1.96. The molecule has 4 nitrogen and oxygen atoms in total. The zero-order valence-electron chi connectivity index (χ0n) is 8.40. The Hall–Kier alpha value is -2.17. The van der Waals surface area contributed by atoms with E-state index in [2.05, 4.69) is 9.68 Å². The Kier molecular flexibility index (Phi) is 2.44. The van der Waals surface area contributed by atoms with Crippen LogP contribution in [0.15, 0.2) is 28.8 Å². The van der Waals surface area contributed by atoms with E-state index in [1.54, 1.807) is 19.1 Å². The van der Waals surface area contributed by atoms with Gasteiger partial charge in [-0.15, -0.1) is 0 Å². The van der Waals surface area contributed by atoms with Gasteiger partial charge in [0.1, 0.15) is 11.5 Å². The topological polar surface area (TPSA) is 63.3 Å². The fourth-order valence-corrected chi connectivity index (χ4v) is 1.35. The van der Waals surface area contributed by atoms with Crippen molar-refractivity contribution in [2.75, 3.05) is 0 Å². The molecule has 1 heterocycles. The maximum atomic E-state index is 13.7. The van der Waals surface area contributed by atoms with Gasteiger partial charge in [0.05, 0.1) is 0 Å². The molecule has 0 aliphatic heterocycles. The van der Waals surface area contributed by atoms with Gasteiger partial charge in [-0.25, -0.2) is 9.18 Å². The molecule has 2 rings (SSSR count). The second-order valence-electron chi connectivity index (χ2n) is 3.32. The maximum Gasteiger partial charge on any atom is 0.374 e. The van der Waals surface area contributed by atoms with E-state index >= 15 is 0 Å². The molecule has 0 atom stereocenters. The third-order valence-electron chi connectivity index (χ3n) is 2.19. The summed E-state index contributed by atoms with van der Waals surface area (Å²) in [7, 11) is 0. The van der Waals surface area contributed by atoms with E-state index in [0.717, 1.165) is 0 Å². The second-order valence-corrected chi connectivity index (χ2v) is 3.32. The molecule has 0 bridgehead atoms. The summed E-state index contributed by atoms with van der Waals surface area (Å²) in [6.07, 6.45) is 0. The van der Waals surface area contributed by atoms with E-state index in [4.69, 9.17) is 5.11 Å². The second kappa shape index (κ2) is 3.77. The number of carbonyl (C=O) groups is 1. The van der Waals surface area contributed by atoms with Crippen molar-refractivity contribution in [1.29, 1.82) is 0 Å². The molecule has 2 aromatic rings. The van der Waals surface area contributed by atoms with Gasteiger partial charge in [0.15, 0.2) is 0 Å². The highest BCUT2D eigenvalue weighted by atomic mass is 19.1. The molecule has 0 aliphatic carbocycles. The summed E-state index contributed by atoms with van der Waals surface area (Å²) in [6.45, 7) is 1.62. The number of rotatable bonds is 2. The van der Waals surface area contributed by atoms with Crippen molar-refractivity contribution >= 4 is 5.97 Å². The Balaban J connectivity index is 2.50. The number of hydrogen-bond acceptors (Lipinski definition) is 3. The van der Waals surface area contributed by atoms with Crippen LogP contribution >= 0.6 is 0 Å². The average Bonchev–Trinajstić information content (AvgIpc) is 2.71. The van der Waals surface area contributed by atoms with Crippen LogP contribution in [0, 0.1) is 12.7 Å². The van der Waals surface area contributed by atoms with Crippen LogP contribution in [0.5, 0.6) is 0 Å². The van der Waals surface area contributed by atoms with Gasteiger partial charge in [-0.1, -0.05) is 17.3 Å². The first-order valence-electron chi connectivity index (χ1n) is 4.55. The third kappa shape index (κ3) is 1.67. The quantitative estimate of drug-likeness (QED) is 0.846. The standard InChI is InChI=1S/C11H8FNO3/c1-6-3-2-4-7(10(6)12)8-5-9(11(14)15)16-13-8/h2-5H,1H3,(H,14,15). The van der Waals surface area contributed by atoms with Crippen LogP contribution in [0.3, 0.4) is 0 Å². The summed E-state index contributed by atoms with van der Waals surface area (Å²) in [4.78, 5) is 10.6. The van der Waals surface area contributed by atoms with Gasteiger partial charge >= 0.3 is 5.97 Å². The van der Waals surface area contributed by atoms with Gasteiger partial charge in [0.2, 0.25) is 5.76 Å². The minimum absolute atomic E-state index is 0.179.